The Kier molecular flexibility index (Phi) is 8.36. The molecular weight excluding hydrogens is 699 g/mol. The Balaban J connectivity index is 1.23. The van der Waals surface area contributed by atoms with Crippen LogP contribution in [0, 0.1) is 0 Å². The number of anilines is 3. The smallest absolute Gasteiger partial charge is 0.0546 e. The molecule has 0 bridgehead atoms. The Hall–Kier alpha value is -5.92. The third kappa shape index (κ3) is 5.29. The zero-order valence-electron chi connectivity index (χ0n) is 35.1. The number of hydrogen-bond donors (Lipinski definition) is 0. The van der Waals surface area contributed by atoms with E-state index in [0.29, 0.717) is 0 Å². The Morgan fingerprint density at radius 3 is 1.72 bits per heavy atom. The van der Waals surface area contributed by atoms with Gasteiger partial charge in [0.15, 0.2) is 0 Å². The van der Waals surface area contributed by atoms with E-state index < -0.39 is 0 Å². The molecule has 2 aliphatic carbocycles. The maximum atomic E-state index is 2.54. The van der Waals surface area contributed by atoms with E-state index in [9.17, 15) is 0 Å². The molecule has 8 aromatic carbocycles. The monoisotopic (exact) mass is 751 g/mol. The third-order valence-electron chi connectivity index (χ3n) is 14.6. The van der Waals surface area contributed by atoms with E-state index in [2.05, 4.69) is 211 Å². The number of benzene rings is 8. The first kappa shape index (κ1) is 36.4. The zero-order chi connectivity index (χ0) is 40.0. The van der Waals surface area contributed by atoms with Gasteiger partial charge < -0.3 is 4.90 Å². The van der Waals surface area contributed by atoms with Crippen LogP contribution in [0.25, 0.3) is 54.9 Å². The maximum Gasteiger partial charge on any atom is 0.0546 e. The summed E-state index contributed by atoms with van der Waals surface area (Å²) in [5.74, 6) is 0. The van der Waals surface area contributed by atoms with Crippen LogP contribution in [0.1, 0.15) is 95.5 Å². The number of hydrogen-bond acceptors (Lipinski definition) is 1. The van der Waals surface area contributed by atoms with Crippen molar-refractivity contribution >= 4 is 38.6 Å². The van der Waals surface area contributed by atoms with Crippen LogP contribution in [0.3, 0.4) is 0 Å². The van der Waals surface area contributed by atoms with Crippen molar-refractivity contribution in [1.82, 2.24) is 0 Å². The summed E-state index contributed by atoms with van der Waals surface area (Å²) >= 11 is 0. The molecule has 0 aliphatic heterocycles. The first-order valence-electron chi connectivity index (χ1n) is 21.4. The highest BCUT2D eigenvalue weighted by atomic mass is 15.1. The standard InChI is InChI=1S/C57H53N/c1-8-57(9-2,10-3)41-25-27-42(28-26-41)58(43-29-31-50-48(36-43)47-33-38-18-11-12-19-39(38)34-52(47)56(50,6)7)53-32-24-37-17-13-14-20-44(37)54(53)40-23-30-46-45-21-15-16-22-49(45)55(4,5)51(46)35-40/h11-36H,8-10H2,1-7H3. The van der Waals surface area contributed by atoms with Gasteiger partial charge in [-0.05, 0) is 150 Å². The number of rotatable bonds is 8. The second-order valence-corrected chi connectivity index (χ2v) is 17.9. The van der Waals surface area contributed by atoms with E-state index in [-0.39, 0.29) is 16.2 Å². The molecule has 0 heterocycles. The Morgan fingerprint density at radius 1 is 0.431 bits per heavy atom. The highest BCUT2D eigenvalue weighted by Crippen LogP contribution is 2.54. The van der Waals surface area contributed by atoms with Crippen molar-refractivity contribution in [3.8, 4) is 33.4 Å². The second-order valence-electron chi connectivity index (χ2n) is 17.9. The summed E-state index contributed by atoms with van der Waals surface area (Å²) < 4.78 is 0. The Bertz CT molecular complexity index is 2890. The van der Waals surface area contributed by atoms with Gasteiger partial charge in [0.2, 0.25) is 0 Å². The first-order chi connectivity index (χ1) is 28.1. The molecule has 1 nitrogen and oxygen atoms in total. The van der Waals surface area contributed by atoms with Gasteiger partial charge in [0.1, 0.15) is 0 Å². The molecule has 0 fully saturated rings. The molecule has 0 spiro atoms. The summed E-state index contributed by atoms with van der Waals surface area (Å²) in [6, 6.07) is 60.3. The molecule has 2 aliphatic rings. The summed E-state index contributed by atoms with van der Waals surface area (Å²) in [5.41, 5.74) is 18.4. The summed E-state index contributed by atoms with van der Waals surface area (Å²) in [6.07, 6.45) is 3.39. The summed E-state index contributed by atoms with van der Waals surface area (Å²) in [7, 11) is 0. The van der Waals surface area contributed by atoms with Crippen molar-refractivity contribution in [2.24, 2.45) is 0 Å². The topological polar surface area (TPSA) is 3.24 Å². The number of nitrogens with zero attached hydrogens (tertiary/aromatic N) is 1. The van der Waals surface area contributed by atoms with Crippen LogP contribution in [-0.2, 0) is 16.2 Å². The summed E-state index contributed by atoms with van der Waals surface area (Å²) in [6.45, 7) is 16.6. The molecule has 286 valence electrons. The van der Waals surface area contributed by atoms with Gasteiger partial charge in [-0.1, -0.05) is 158 Å². The lowest BCUT2D eigenvalue weighted by molar-refractivity contribution is 0.382. The molecule has 8 aromatic rings. The van der Waals surface area contributed by atoms with E-state index in [1.807, 2.05) is 0 Å². The first-order valence-corrected chi connectivity index (χ1v) is 21.4. The lowest BCUT2D eigenvalue weighted by atomic mass is 9.74. The molecule has 0 saturated carbocycles. The summed E-state index contributed by atoms with van der Waals surface area (Å²) in [4.78, 5) is 2.54. The van der Waals surface area contributed by atoms with E-state index in [1.54, 1.807) is 0 Å². The fourth-order valence-corrected chi connectivity index (χ4v) is 10.9. The van der Waals surface area contributed by atoms with Gasteiger partial charge in [-0.2, -0.15) is 0 Å². The van der Waals surface area contributed by atoms with Crippen molar-refractivity contribution in [2.45, 2.75) is 84.0 Å². The van der Waals surface area contributed by atoms with Crippen LogP contribution in [-0.4, -0.2) is 0 Å². The molecule has 0 aromatic heterocycles. The van der Waals surface area contributed by atoms with Crippen LogP contribution < -0.4 is 4.90 Å². The average Bonchev–Trinajstić information content (AvgIpc) is 3.62. The molecule has 0 amide bonds. The summed E-state index contributed by atoms with van der Waals surface area (Å²) in [5, 5.41) is 5.09. The van der Waals surface area contributed by atoms with Gasteiger partial charge in [-0.25, -0.2) is 0 Å². The van der Waals surface area contributed by atoms with Gasteiger partial charge in [0.05, 0.1) is 5.69 Å². The normalized spacial score (nSPS) is 14.6. The molecule has 0 radical (unpaired) electrons. The van der Waals surface area contributed by atoms with E-state index in [1.165, 1.54) is 99.8 Å². The maximum absolute atomic E-state index is 2.54. The van der Waals surface area contributed by atoms with Crippen molar-refractivity contribution in [3.05, 3.63) is 186 Å². The van der Waals surface area contributed by atoms with Gasteiger partial charge in [-0.3, -0.25) is 0 Å². The van der Waals surface area contributed by atoms with Crippen LogP contribution in [0.15, 0.2) is 158 Å². The van der Waals surface area contributed by atoms with Gasteiger partial charge in [0, 0.05) is 27.8 Å². The highest BCUT2D eigenvalue weighted by molar-refractivity contribution is 6.06. The van der Waals surface area contributed by atoms with Crippen molar-refractivity contribution in [3.63, 3.8) is 0 Å². The van der Waals surface area contributed by atoms with E-state index in [0.717, 1.165) is 19.3 Å². The zero-order valence-corrected chi connectivity index (χ0v) is 35.1. The average molecular weight is 752 g/mol. The quantitative estimate of drug-likeness (QED) is 0.149. The van der Waals surface area contributed by atoms with Crippen molar-refractivity contribution in [1.29, 1.82) is 0 Å². The molecule has 1 heteroatoms. The highest BCUT2D eigenvalue weighted by Gasteiger charge is 2.38. The van der Waals surface area contributed by atoms with Crippen LogP contribution in [0.5, 0.6) is 0 Å². The molecule has 10 rings (SSSR count). The molecule has 0 saturated heterocycles. The van der Waals surface area contributed by atoms with Crippen LogP contribution in [0.2, 0.25) is 0 Å². The Morgan fingerprint density at radius 2 is 1.00 bits per heavy atom. The molecule has 58 heavy (non-hydrogen) atoms. The minimum absolute atomic E-state index is 0.100. The predicted octanol–water partition coefficient (Wildman–Crippen LogP) is 16.2. The molecule has 0 atom stereocenters. The molecule has 0 unspecified atom stereocenters. The third-order valence-corrected chi connectivity index (χ3v) is 14.6. The van der Waals surface area contributed by atoms with Gasteiger partial charge >= 0.3 is 0 Å². The minimum Gasteiger partial charge on any atom is -0.310 e. The van der Waals surface area contributed by atoms with E-state index in [4.69, 9.17) is 0 Å². The largest absolute Gasteiger partial charge is 0.310 e. The SMILES string of the molecule is CCC(CC)(CC)c1ccc(N(c2ccc3c(c2)-c2cc4ccccc4cc2C3(C)C)c2ccc3ccccc3c2-c2ccc3c(c2)C(C)(C)c2ccccc2-3)cc1. The lowest BCUT2D eigenvalue weighted by Crippen LogP contribution is -2.23. The van der Waals surface area contributed by atoms with Crippen molar-refractivity contribution in [2.75, 3.05) is 4.90 Å². The van der Waals surface area contributed by atoms with Crippen LogP contribution >= 0.6 is 0 Å². The lowest BCUT2D eigenvalue weighted by Gasteiger charge is -2.33. The molecule has 0 N–H and O–H groups in total. The van der Waals surface area contributed by atoms with Crippen molar-refractivity contribution < 1.29 is 0 Å². The predicted molar refractivity (Wildman–Crippen MR) is 249 cm³/mol. The number of fused-ring (bicyclic) bond motifs is 8. The minimum atomic E-state index is -0.105. The van der Waals surface area contributed by atoms with Crippen LogP contribution in [0.4, 0.5) is 17.1 Å². The second kappa shape index (κ2) is 13.3. The van der Waals surface area contributed by atoms with E-state index >= 15 is 0 Å². The Labute approximate surface area is 345 Å². The fourth-order valence-electron chi connectivity index (χ4n) is 10.9. The van der Waals surface area contributed by atoms with Gasteiger partial charge in [0.25, 0.3) is 0 Å². The molecular formula is C57H53N. The fraction of sp³-hybridized carbons (Fsp3) is 0.228. The van der Waals surface area contributed by atoms with Gasteiger partial charge in [-0.15, -0.1) is 0 Å².